The number of aldehydes is 1. The molecule has 0 saturated heterocycles. The molecule has 0 bridgehead atoms. The standard InChI is InChI=1S/C8H9NO3/c1-5-8(12)7(4-11)6(3-10)2-9-5/h2-3,11-12H,4H2,1H3. The molecule has 1 rings (SSSR count). The van der Waals surface area contributed by atoms with Crippen LogP contribution in [0, 0.1) is 6.92 Å². The Morgan fingerprint density at radius 2 is 2.33 bits per heavy atom. The van der Waals surface area contributed by atoms with Crippen molar-refractivity contribution < 1.29 is 15.0 Å². The van der Waals surface area contributed by atoms with Crippen molar-refractivity contribution in [1.82, 2.24) is 4.98 Å². The number of aryl methyl sites for hydroxylation is 1. The fraction of sp³-hybridized carbons (Fsp3) is 0.250. The lowest BCUT2D eigenvalue weighted by Gasteiger charge is -2.05. The van der Waals surface area contributed by atoms with Crippen molar-refractivity contribution in [2.45, 2.75) is 13.5 Å². The first kappa shape index (κ1) is 8.67. The van der Waals surface area contributed by atoms with Crippen molar-refractivity contribution in [3.63, 3.8) is 0 Å². The van der Waals surface area contributed by atoms with E-state index in [1.807, 2.05) is 0 Å². The fourth-order valence-electron chi connectivity index (χ4n) is 0.928. The summed E-state index contributed by atoms with van der Waals surface area (Å²) in [5, 5.41) is 18.1. The third-order valence-electron chi connectivity index (χ3n) is 1.66. The van der Waals surface area contributed by atoms with Gasteiger partial charge in [0, 0.05) is 17.3 Å². The van der Waals surface area contributed by atoms with Crippen LogP contribution in [-0.4, -0.2) is 21.5 Å². The number of rotatable bonds is 2. The van der Waals surface area contributed by atoms with Gasteiger partial charge in [-0.25, -0.2) is 0 Å². The van der Waals surface area contributed by atoms with Crippen LogP contribution in [-0.2, 0) is 6.61 Å². The number of nitrogens with zero attached hydrogens (tertiary/aromatic N) is 1. The predicted molar refractivity (Wildman–Crippen MR) is 41.9 cm³/mol. The zero-order valence-electron chi connectivity index (χ0n) is 6.61. The molecule has 0 atom stereocenters. The Morgan fingerprint density at radius 3 is 2.83 bits per heavy atom. The summed E-state index contributed by atoms with van der Waals surface area (Å²) in [6.07, 6.45) is 1.88. The van der Waals surface area contributed by atoms with E-state index in [-0.39, 0.29) is 23.5 Å². The van der Waals surface area contributed by atoms with Crippen molar-refractivity contribution in [2.75, 3.05) is 0 Å². The summed E-state index contributed by atoms with van der Waals surface area (Å²) in [5.74, 6) is -0.109. The van der Waals surface area contributed by atoms with E-state index >= 15 is 0 Å². The maximum atomic E-state index is 10.4. The highest BCUT2D eigenvalue weighted by molar-refractivity contribution is 5.78. The molecule has 0 saturated carbocycles. The Labute approximate surface area is 69.5 Å². The van der Waals surface area contributed by atoms with Gasteiger partial charge in [-0.15, -0.1) is 0 Å². The lowest BCUT2D eigenvalue weighted by molar-refractivity contribution is 0.111. The molecule has 0 aromatic carbocycles. The molecule has 1 aromatic rings. The summed E-state index contributed by atoms with van der Waals surface area (Å²) in [6.45, 7) is 1.24. The number of aromatic nitrogens is 1. The molecular weight excluding hydrogens is 158 g/mol. The van der Waals surface area contributed by atoms with Crippen LogP contribution < -0.4 is 0 Å². The van der Waals surface area contributed by atoms with Crippen LogP contribution in [0.1, 0.15) is 21.6 Å². The molecule has 0 amide bonds. The van der Waals surface area contributed by atoms with E-state index in [1.54, 1.807) is 6.92 Å². The van der Waals surface area contributed by atoms with Gasteiger partial charge in [0.1, 0.15) is 5.75 Å². The zero-order valence-corrected chi connectivity index (χ0v) is 6.61. The smallest absolute Gasteiger partial charge is 0.152 e. The summed E-state index contributed by atoms with van der Waals surface area (Å²) >= 11 is 0. The molecule has 4 nitrogen and oxygen atoms in total. The maximum Gasteiger partial charge on any atom is 0.152 e. The summed E-state index contributed by atoms with van der Waals surface area (Å²) < 4.78 is 0. The van der Waals surface area contributed by atoms with E-state index in [0.29, 0.717) is 12.0 Å². The van der Waals surface area contributed by atoms with E-state index in [2.05, 4.69) is 4.98 Å². The second kappa shape index (κ2) is 3.32. The summed E-state index contributed by atoms with van der Waals surface area (Å²) in [6, 6.07) is 0. The molecule has 1 heterocycles. The molecule has 0 aliphatic heterocycles. The van der Waals surface area contributed by atoms with Crippen molar-refractivity contribution in [3.05, 3.63) is 23.0 Å². The molecular formula is C8H9NO3. The van der Waals surface area contributed by atoms with E-state index in [1.165, 1.54) is 6.20 Å². The zero-order chi connectivity index (χ0) is 9.14. The van der Waals surface area contributed by atoms with Crippen molar-refractivity contribution >= 4 is 6.29 Å². The monoisotopic (exact) mass is 167 g/mol. The Kier molecular flexibility index (Phi) is 2.40. The van der Waals surface area contributed by atoms with Gasteiger partial charge in [0.15, 0.2) is 6.29 Å². The fourth-order valence-corrected chi connectivity index (χ4v) is 0.928. The molecule has 12 heavy (non-hydrogen) atoms. The summed E-state index contributed by atoms with van der Waals surface area (Å²) in [5.41, 5.74) is 0.864. The third kappa shape index (κ3) is 1.29. The van der Waals surface area contributed by atoms with Crippen molar-refractivity contribution in [2.24, 2.45) is 0 Å². The average molecular weight is 167 g/mol. The second-order valence-electron chi connectivity index (χ2n) is 2.40. The maximum absolute atomic E-state index is 10.4. The number of carbonyl (C=O) groups is 1. The van der Waals surface area contributed by atoms with Gasteiger partial charge in [-0.3, -0.25) is 9.78 Å². The number of hydrogen-bond donors (Lipinski definition) is 2. The number of pyridine rings is 1. The first-order chi connectivity index (χ1) is 5.70. The van der Waals surface area contributed by atoms with Crippen molar-refractivity contribution in [3.8, 4) is 5.75 Å². The van der Waals surface area contributed by atoms with Crippen LogP contribution in [0.3, 0.4) is 0 Å². The highest BCUT2D eigenvalue weighted by Crippen LogP contribution is 2.22. The number of hydrogen-bond acceptors (Lipinski definition) is 4. The van der Waals surface area contributed by atoms with E-state index in [0.717, 1.165) is 0 Å². The highest BCUT2D eigenvalue weighted by Gasteiger charge is 2.09. The lowest BCUT2D eigenvalue weighted by Crippen LogP contribution is -1.97. The van der Waals surface area contributed by atoms with Gasteiger partial charge in [-0.2, -0.15) is 0 Å². The van der Waals surface area contributed by atoms with E-state index < -0.39 is 0 Å². The minimum atomic E-state index is -0.358. The van der Waals surface area contributed by atoms with Crippen molar-refractivity contribution in [1.29, 1.82) is 0 Å². The molecule has 1 aromatic heterocycles. The van der Waals surface area contributed by atoms with Gasteiger partial charge in [-0.05, 0) is 6.92 Å². The molecule has 0 fully saturated rings. The van der Waals surface area contributed by atoms with Crippen LogP contribution in [0.5, 0.6) is 5.75 Å². The summed E-state index contributed by atoms with van der Waals surface area (Å²) in [7, 11) is 0. The van der Waals surface area contributed by atoms with E-state index in [9.17, 15) is 9.90 Å². The molecule has 64 valence electrons. The highest BCUT2D eigenvalue weighted by atomic mass is 16.3. The van der Waals surface area contributed by atoms with Crippen LogP contribution in [0.25, 0.3) is 0 Å². The molecule has 0 unspecified atom stereocenters. The number of carbonyl (C=O) groups excluding carboxylic acids is 1. The Balaban J connectivity index is 3.35. The molecule has 0 spiro atoms. The largest absolute Gasteiger partial charge is 0.506 e. The van der Waals surface area contributed by atoms with Gasteiger partial charge >= 0.3 is 0 Å². The average Bonchev–Trinajstić information content (AvgIpc) is 2.09. The number of aromatic hydroxyl groups is 1. The van der Waals surface area contributed by atoms with Gasteiger partial charge in [0.05, 0.1) is 12.3 Å². The predicted octanol–water partition coefficient (Wildman–Crippen LogP) is 0.400. The topological polar surface area (TPSA) is 70.4 Å². The third-order valence-corrected chi connectivity index (χ3v) is 1.66. The molecule has 0 aliphatic rings. The van der Waals surface area contributed by atoms with Gasteiger partial charge < -0.3 is 10.2 Å². The van der Waals surface area contributed by atoms with Crippen LogP contribution in [0.2, 0.25) is 0 Å². The molecule has 0 aliphatic carbocycles. The van der Waals surface area contributed by atoms with Gasteiger partial charge in [0.25, 0.3) is 0 Å². The van der Waals surface area contributed by atoms with Gasteiger partial charge in [-0.1, -0.05) is 0 Å². The van der Waals surface area contributed by atoms with Gasteiger partial charge in [0.2, 0.25) is 0 Å². The molecule has 0 radical (unpaired) electrons. The van der Waals surface area contributed by atoms with Crippen LogP contribution in [0.15, 0.2) is 6.20 Å². The first-order valence-corrected chi connectivity index (χ1v) is 3.44. The minimum Gasteiger partial charge on any atom is -0.506 e. The SMILES string of the molecule is Cc1ncc(C=O)c(CO)c1O. The number of aliphatic hydroxyl groups excluding tert-OH is 1. The Bertz CT molecular complexity index is 309. The number of aliphatic hydroxyl groups is 1. The van der Waals surface area contributed by atoms with E-state index in [4.69, 9.17) is 5.11 Å². The first-order valence-electron chi connectivity index (χ1n) is 3.44. The minimum absolute atomic E-state index is 0.109. The Morgan fingerprint density at radius 1 is 1.67 bits per heavy atom. The quantitative estimate of drug-likeness (QED) is 0.625. The lowest BCUT2D eigenvalue weighted by atomic mass is 10.1. The molecule has 4 heteroatoms. The Hall–Kier alpha value is -1.42. The second-order valence-corrected chi connectivity index (χ2v) is 2.40. The summed E-state index contributed by atoms with van der Waals surface area (Å²) in [4.78, 5) is 14.2. The van der Waals surface area contributed by atoms with Crippen LogP contribution in [0.4, 0.5) is 0 Å². The van der Waals surface area contributed by atoms with Crippen LogP contribution >= 0.6 is 0 Å². The molecule has 2 N–H and O–H groups in total. The normalized spacial score (nSPS) is 9.83.